The first-order valence-electron chi connectivity index (χ1n) is 9.56. The highest BCUT2D eigenvalue weighted by Crippen LogP contribution is 2.35. The van der Waals surface area contributed by atoms with E-state index in [1.54, 1.807) is 7.11 Å². The molecule has 1 aromatic heterocycles. The van der Waals surface area contributed by atoms with Crippen LogP contribution in [0.4, 0.5) is 0 Å². The summed E-state index contributed by atoms with van der Waals surface area (Å²) in [5.74, 6) is -0.0898. The van der Waals surface area contributed by atoms with Crippen LogP contribution in [0.3, 0.4) is 0 Å². The fourth-order valence-corrected chi connectivity index (χ4v) is 3.38. The van der Waals surface area contributed by atoms with Crippen molar-refractivity contribution in [2.45, 2.75) is 39.7 Å². The van der Waals surface area contributed by atoms with Crippen molar-refractivity contribution in [3.05, 3.63) is 47.2 Å². The molecule has 6 nitrogen and oxygen atoms in total. The summed E-state index contributed by atoms with van der Waals surface area (Å²) in [6, 6.07) is 7.87. The van der Waals surface area contributed by atoms with Crippen molar-refractivity contribution < 1.29 is 19.4 Å². The molecule has 28 heavy (non-hydrogen) atoms. The summed E-state index contributed by atoms with van der Waals surface area (Å²) in [4.78, 5) is 29.9. The molecular formula is C22H26N2O4. The van der Waals surface area contributed by atoms with Gasteiger partial charge in [0.1, 0.15) is 0 Å². The zero-order chi connectivity index (χ0) is 20.3. The van der Waals surface area contributed by atoms with Gasteiger partial charge in [-0.15, -0.1) is 0 Å². The van der Waals surface area contributed by atoms with Crippen molar-refractivity contribution in [3.63, 3.8) is 0 Å². The maximum atomic E-state index is 12.6. The molecule has 1 heterocycles. The van der Waals surface area contributed by atoms with E-state index in [-0.39, 0.29) is 18.2 Å². The van der Waals surface area contributed by atoms with Gasteiger partial charge in [-0.05, 0) is 49.4 Å². The highest BCUT2D eigenvalue weighted by Gasteiger charge is 2.33. The molecule has 0 atom stereocenters. The summed E-state index contributed by atoms with van der Waals surface area (Å²) in [6.45, 7) is 5.17. The Bertz CT molecular complexity index is 890. The molecule has 0 spiro atoms. The van der Waals surface area contributed by atoms with Crippen molar-refractivity contribution >= 4 is 11.9 Å². The van der Waals surface area contributed by atoms with Gasteiger partial charge in [0.05, 0.1) is 13.5 Å². The molecule has 3 rings (SSSR count). The third-order valence-corrected chi connectivity index (χ3v) is 4.99. The van der Waals surface area contributed by atoms with Gasteiger partial charge in [0, 0.05) is 30.8 Å². The second-order valence-electron chi connectivity index (χ2n) is 7.26. The van der Waals surface area contributed by atoms with E-state index in [1.807, 2.05) is 36.9 Å². The fourth-order valence-electron chi connectivity index (χ4n) is 3.38. The SMILES string of the molecule is CCN(Cc1cc(C)ccc1-c1cc(CC(=O)O)cnc1OC)C(=O)C1CC1. The average molecular weight is 382 g/mol. The van der Waals surface area contributed by atoms with E-state index < -0.39 is 5.97 Å². The maximum Gasteiger partial charge on any atom is 0.307 e. The van der Waals surface area contributed by atoms with Crippen LogP contribution in [0.15, 0.2) is 30.5 Å². The second kappa shape index (κ2) is 8.42. The normalized spacial score (nSPS) is 13.2. The topological polar surface area (TPSA) is 79.7 Å². The minimum absolute atomic E-state index is 0.105. The van der Waals surface area contributed by atoms with Gasteiger partial charge in [0.2, 0.25) is 11.8 Å². The van der Waals surface area contributed by atoms with Crippen molar-refractivity contribution in [1.82, 2.24) is 9.88 Å². The Hall–Kier alpha value is -2.89. The summed E-state index contributed by atoms with van der Waals surface area (Å²) in [5.41, 5.74) is 4.36. The van der Waals surface area contributed by atoms with Crippen LogP contribution in [0.1, 0.15) is 36.5 Å². The van der Waals surface area contributed by atoms with E-state index in [0.717, 1.165) is 35.1 Å². The smallest absolute Gasteiger partial charge is 0.307 e. The highest BCUT2D eigenvalue weighted by atomic mass is 16.5. The standard InChI is InChI=1S/C22H26N2O4/c1-4-24(22(27)16-6-7-16)13-17-9-14(2)5-8-18(17)19-10-15(11-20(25)26)12-23-21(19)28-3/h5,8-10,12,16H,4,6-7,11,13H2,1-3H3,(H,25,26). The monoisotopic (exact) mass is 382 g/mol. The summed E-state index contributed by atoms with van der Waals surface area (Å²) in [5, 5.41) is 9.11. The molecule has 1 N–H and O–H groups in total. The Morgan fingerprint density at radius 3 is 2.61 bits per heavy atom. The summed E-state index contributed by atoms with van der Waals surface area (Å²) in [6.07, 6.45) is 3.38. The van der Waals surface area contributed by atoms with E-state index in [4.69, 9.17) is 9.84 Å². The lowest BCUT2D eigenvalue weighted by Gasteiger charge is -2.23. The molecule has 2 aromatic rings. The maximum absolute atomic E-state index is 12.6. The Morgan fingerprint density at radius 1 is 1.25 bits per heavy atom. The number of aromatic nitrogens is 1. The Labute approximate surface area is 165 Å². The van der Waals surface area contributed by atoms with Gasteiger partial charge in [-0.25, -0.2) is 4.98 Å². The molecule has 0 saturated heterocycles. The molecule has 148 valence electrons. The molecular weight excluding hydrogens is 356 g/mol. The van der Waals surface area contributed by atoms with Crippen LogP contribution in [0.25, 0.3) is 11.1 Å². The summed E-state index contributed by atoms with van der Waals surface area (Å²) in [7, 11) is 1.55. The van der Waals surface area contributed by atoms with E-state index in [1.165, 1.54) is 6.20 Å². The molecule has 1 aliphatic carbocycles. The number of carboxylic acids is 1. The van der Waals surface area contributed by atoms with Gasteiger partial charge in [0.15, 0.2) is 0 Å². The molecule has 1 aromatic carbocycles. The second-order valence-corrected chi connectivity index (χ2v) is 7.26. The van der Waals surface area contributed by atoms with Crippen LogP contribution < -0.4 is 4.74 Å². The predicted octanol–water partition coefficient (Wildman–Crippen LogP) is 3.45. The molecule has 0 unspecified atom stereocenters. The zero-order valence-corrected chi connectivity index (χ0v) is 16.6. The molecule has 0 bridgehead atoms. The Morgan fingerprint density at radius 2 is 2.00 bits per heavy atom. The fraction of sp³-hybridized carbons (Fsp3) is 0.409. The summed E-state index contributed by atoms with van der Waals surface area (Å²) >= 11 is 0. The number of carbonyl (C=O) groups excluding carboxylic acids is 1. The molecule has 0 radical (unpaired) electrons. The number of nitrogens with zero attached hydrogens (tertiary/aromatic N) is 2. The van der Waals surface area contributed by atoms with E-state index in [9.17, 15) is 9.59 Å². The molecule has 0 aliphatic heterocycles. The van der Waals surface area contributed by atoms with Crippen LogP contribution in [0.2, 0.25) is 0 Å². The molecule has 1 fully saturated rings. The Kier molecular flexibility index (Phi) is 5.97. The zero-order valence-electron chi connectivity index (χ0n) is 16.6. The van der Waals surface area contributed by atoms with Crippen molar-refractivity contribution in [2.75, 3.05) is 13.7 Å². The van der Waals surface area contributed by atoms with Crippen LogP contribution in [0.5, 0.6) is 5.88 Å². The number of carboxylic acid groups (broad SMARTS) is 1. The Balaban J connectivity index is 2.02. The third kappa shape index (κ3) is 4.50. The van der Waals surface area contributed by atoms with Crippen molar-refractivity contribution in [1.29, 1.82) is 0 Å². The lowest BCUT2D eigenvalue weighted by atomic mass is 9.96. The van der Waals surface area contributed by atoms with Crippen LogP contribution in [-0.4, -0.2) is 40.5 Å². The first-order valence-corrected chi connectivity index (χ1v) is 9.56. The number of carbonyl (C=O) groups is 2. The minimum Gasteiger partial charge on any atom is -0.481 e. The first-order chi connectivity index (χ1) is 13.4. The number of hydrogen-bond acceptors (Lipinski definition) is 4. The molecule has 1 aliphatic rings. The molecule has 1 amide bonds. The number of hydrogen-bond donors (Lipinski definition) is 1. The number of aryl methyl sites for hydroxylation is 1. The largest absolute Gasteiger partial charge is 0.481 e. The number of amides is 1. The van der Waals surface area contributed by atoms with Gasteiger partial charge < -0.3 is 14.7 Å². The van der Waals surface area contributed by atoms with Gasteiger partial charge in [-0.3, -0.25) is 9.59 Å². The van der Waals surface area contributed by atoms with E-state index >= 15 is 0 Å². The van der Waals surface area contributed by atoms with Gasteiger partial charge in [-0.1, -0.05) is 23.8 Å². The van der Waals surface area contributed by atoms with Crippen molar-refractivity contribution in [2.24, 2.45) is 5.92 Å². The number of aliphatic carboxylic acids is 1. The number of pyridine rings is 1. The number of ether oxygens (including phenoxy) is 1. The van der Waals surface area contributed by atoms with Crippen molar-refractivity contribution in [3.8, 4) is 17.0 Å². The molecule has 1 saturated carbocycles. The average Bonchev–Trinajstić information content (AvgIpc) is 3.50. The van der Waals surface area contributed by atoms with Crippen LogP contribution in [0, 0.1) is 12.8 Å². The summed E-state index contributed by atoms with van der Waals surface area (Å²) < 4.78 is 5.43. The minimum atomic E-state index is -0.908. The quantitative estimate of drug-likeness (QED) is 0.756. The third-order valence-electron chi connectivity index (χ3n) is 4.99. The predicted molar refractivity (Wildman–Crippen MR) is 106 cm³/mol. The number of rotatable bonds is 8. The highest BCUT2D eigenvalue weighted by molar-refractivity contribution is 5.81. The lowest BCUT2D eigenvalue weighted by molar-refractivity contribution is -0.136. The number of methoxy groups -OCH3 is 1. The lowest BCUT2D eigenvalue weighted by Crippen LogP contribution is -2.31. The van der Waals surface area contributed by atoms with Crippen LogP contribution >= 0.6 is 0 Å². The van der Waals surface area contributed by atoms with Crippen LogP contribution in [-0.2, 0) is 22.6 Å². The van der Waals surface area contributed by atoms with Gasteiger partial charge >= 0.3 is 5.97 Å². The number of benzene rings is 1. The van der Waals surface area contributed by atoms with E-state index in [2.05, 4.69) is 11.1 Å². The first kappa shape index (κ1) is 19.9. The molecule has 6 heteroatoms. The van der Waals surface area contributed by atoms with E-state index in [0.29, 0.717) is 24.5 Å². The van der Waals surface area contributed by atoms with Gasteiger partial charge in [-0.2, -0.15) is 0 Å². The van der Waals surface area contributed by atoms with Gasteiger partial charge in [0.25, 0.3) is 0 Å².